The zero-order valence-electron chi connectivity index (χ0n) is 5.86. The van der Waals surface area contributed by atoms with E-state index in [9.17, 15) is 0 Å². The Balaban J connectivity index is 2.36. The SMILES string of the molecule is COC1C[C@@H](O)[C@H](CO)O1. The maximum Gasteiger partial charge on any atom is 0.160 e. The van der Waals surface area contributed by atoms with Gasteiger partial charge in [-0.25, -0.2) is 0 Å². The summed E-state index contributed by atoms with van der Waals surface area (Å²) in [6, 6.07) is 0. The maximum absolute atomic E-state index is 9.13. The fourth-order valence-corrected chi connectivity index (χ4v) is 1.01. The Morgan fingerprint density at radius 1 is 1.70 bits per heavy atom. The Labute approximate surface area is 59.4 Å². The average Bonchev–Trinajstić information content (AvgIpc) is 2.30. The van der Waals surface area contributed by atoms with Crippen LogP contribution in [-0.2, 0) is 9.47 Å². The molecule has 60 valence electrons. The zero-order valence-corrected chi connectivity index (χ0v) is 5.86. The lowest BCUT2D eigenvalue weighted by molar-refractivity contribution is -0.127. The fraction of sp³-hybridized carbons (Fsp3) is 1.00. The van der Waals surface area contributed by atoms with Gasteiger partial charge in [0.25, 0.3) is 0 Å². The predicted octanol–water partition coefficient (Wildman–Crippen LogP) is -0.899. The lowest BCUT2D eigenvalue weighted by Gasteiger charge is -2.09. The number of methoxy groups -OCH3 is 1. The smallest absolute Gasteiger partial charge is 0.160 e. The highest BCUT2D eigenvalue weighted by molar-refractivity contribution is 4.76. The van der Waals surface area contributed by atoms with Crippen molar-refractivity contribution in [3.8, 4) is 0 Å². The lowest BCUT2D eigenvalue weighted by atomic mass is 10.2. The van der Waals surface area contributed by atoms with Gasteiger partial charge in [0.1, 0.15) is 6.10 Å². The molecule has 1 unspecified atom stereocenters. The van der Waals surface area contributed by atoms with Gasteiger partial charge < -0.3 is 19.7 Å². The van der Waals surface area contributed by atoms with Crippen molar-refractivity contribution in [2.24, 2.45) is 0 Å². The molecule has 0 aromatic rings. The van der Waals surface area contributed by atoms with Gasteiger partial charge in [0.15, 0.2) is 6.29 Å². The molecule has 4 heteroatoms. The number of ether oxygens (including phenoxy) is 2. The van der Waals surface area contributed by atoms with Crippen LogP contribution in [0.2, 0.25) is 0 Å². The van der Waals surface area contributed by atoms with Gasteiger partial charge in [-0.05, 0) is 0 Å². The molecule has 2 N–H and O–H groups in total. The van der Waals surface area contributed by atoms with E-state index in [4.69, 9.17) is 19.7 Å². The van der Waals surface area contributed by atoms with E-state index in [1.165, 1.54) is 7.11 Å². The monoisotopic (exact) mass is 148 g/mol. The Morgan fingerprint density at radius 3 is 2.70 bits per heavy atom. The van der Waals surface area contributed by atoms with Crippen LogP contribution in [0, 0.1) is 0 Å². The van der Waals surface area contributed by atoms with Crippen LogP contribution in [0.1, 0.15) is 6.42 Å². The minimum Gasteiger partial charge on any atom is -0.394 e. The van der Waals surface area contributed by atoms with E-state index in [1.807, 2.05) is 0 Å². The third kappa shape index (κ3) is 1.46. The molecule has 0 spiro atoms. The first-order valence-corrected chi connectivity index (χ1v) is 3.25. The minimum atomic E-state index is -0.588. The molecule has 0 saturated carbocycles. The topological polar surface area (TPSA) is 58.9 Å². The average molecular weight is 148 g/mol. The second kappa shape index (κ2) is 3.30. The molecule has 0 aromatic carbocycles. The Kier molecular flexibility index (Phi) is 2.62. The first kappa shape index (κ1) is 7.94. The molecule has 0 bridgehead atoms. The molecule has 1 saturated heterocycles. The molecule has 1 aliphatic rings. The van der Waals surface area contributed by atoms with Crippen molar-refractivity contribution in [3.05, 3.63) is 0 Å². The summed E-state index contributed by atoms with van der Waals surface area (Å²) in [5.41, 5.74) is 0. The van der Waals surface area contributed by atoms with Crippen molar-refractivity contribution in [2.45, 2.75) is 24.9 Å². The van der Waals surface area contributed by atoms with Crippen LogP contribution in [0.15, 0.2) is 0 Å². The molecule has 1 fully saturated rings. The Bertz CT molecular complexity index is 106. The van der Waals surface area contributed by atoms with Gasteiger partial charge >= 0.3 is 0 Å². The summed E-state index contributed by atoms with van der Waals surface area (Å²) in [6.07, 6.45) is -0.964. The van der Waals surface area contributed by atoms with Gasteiger partial charge in [0, 0.05) is 13.5 Å². The van der Waals surface area contributed by atoms with Crippen LogP contribution >= 0.6 is 0 Å². The van der Waals surface area contributed by atoms with Gasteiger partial charge in [-0.15, -0.1) is 0 Å². The van der Waals surface area contributed by atoms with Crippen LogP contribution in [0.3, 0.4) is 0 Å². The van der Waals surface area contributed by atoms with Crippen molar-refractivity contribution in [1.82, 2.24) is 0 Å². The van der Waals surface area contributed by atoms with E-state index >= 15 is 0 Å². The van der Waals surface area contributed by atoms with Crippen LogP contribution < -0.4 is 0 Å². The molecule has 0 aliphatic carbocycles. The molecule has 1 aliphatic heterocycles. The number of hydrogen-bond donors (Lipinski definition) is 2. The fourth-order valence-electron chi connectivity index (χ4n) is 1.01. The van der Waals surface area contributed by atoms with E-state index in [-0.39, 0.29) is 12.9 Å². The molecule has 3 atom stereocenters. The summed E-state index contributed by atoms with van der Waals surface area (Å²) in [5.74, 6) is 0. The summed E-state index contributed by atoms with van der Waals surface area (Å²) in [5, 5.41) is 17.7. The summed E-state index contributed by atoms with van der Waals surface area (Å²) in [4.78, 5) is 0. The highest BCUT2D eigenvalue weighted by Crippen LogP contribution is 2.19. The maximum atomic E-state index is 9.13. The quantitative estimate of drug-likeness (QED) is 0.533. The standard InChI is InChI=1S/C6H12O4/c1-9-6-2-4(8)5(3-7)10-6/h4-8H,2-3H2,1H3/t4-,5+,6?/m1/s1. The molecule has 0 amide bonds. The highest BCUT2D eigenvalue weighted by Gasteiger charge is 2.32. The summed E-state index contributed by atoms with van der Waals surface area (Å²) >= 11 is 0. The Morgan fingerprint density at radius 2 is 2.40 bits per heavy atom. The summed E-state index contributed by atoms with van der Waals surface area (Å²) in [6.45, 7) is -0.152. The third-order valence-corrected chi connectivity index (χ3v) is 1.63. The number of rotatable bonds is 2. The van der Waals surface area contributed by atoms with Crippen molar-refractivity contribution in [1.29, 1.82) is 0 Å². The van der Waals surface area contributed by atoms with Gasteiger partial charge in [0.2, 0.25) is 0 Å². The van der Waals surface area contributed by atoms with Crippen molar-refractivity contribution in [3.63, 3.8) is 0 Å². The van der Waals surface area contributed by atoms with Gasteiger partial charge in [-0.2, -0.15) is 0 Å². The van der Waals surface area contributed by atoms with E-state index in [0.29, 0.717) is 6.42 Å². The van der Waals surface area contributed by atoms with E-state index < -0.39 is 12.2 Å². The van der Waals surface area contributed by atoms with Gasteiger partial charge in [-0.1, -0.05) is 0 Å². The molecule has 0 radical (unpaired) electrons. The second-order valence-electron chi connectivity index (χ2n) is 2.33. The molecule has 4 nitrogen and oxygen atoms in total. The normalized spacial score (nSPS) is 40.5. The van der Waals surface area contributed by atoms with E-state index in [1.54, 1.807) is 0 Å². The molecular weight excluding hydrogens is 136 g/mol. The van der Waals surface area contributed by atoms with Gasteiger partial charge in [-0.3, -0.25) is 0 Å². The minimum absolute atomic E-state index is 0.152. The summed E-state index contributed by atoms with van der Waals surface area (Å²) < 4.78 is 9.87. The molecule has 0 aromatic heterocycles. The Hall–Kier alpha value is -0.160. The van der Waals surface area contributed by atoms with E-state index in [2.05, 4.69) is 0 Å². The van der Waals surface area contributed by atoms with Crippen molar-refractivity contribution >= 4 is 0 Å². The molecule has 1 rings (SSSR count). The predicted molar refractivity (Wildman–Crippen MR) is 33.4 cm³/mol. The highest BCUT2D eigenvalue weighted by atomic mass is 16.7. The van der Waals surface area contributed by atoms with Crippen molar-refractivity contribution in [2.75, 3.05) is 13.7 Å². The first-order chi connectivity index (χ1) is 4.77. The third-order valence-electron chi connectivity index (χ3n) is 1.63. The molecule has 1 heterocycles. The molecule has 10 heavy (non-hydrogen) atoms. The van der Waals surface area contributed by atoms with Crippen LogP contribution in [0.4, 0.5) is 0 Å². The van der Waals surface area contributed by atoms with Crippen LogP contribution in [0.5, 0.6) is 0 Å². The largest absolute Gasteiger partial charge is 0.394 e. The zero-order chi connectivity index (χ0) is 7.56. The molecular formula is C6H12O4. The van der Waals surface area contributed by atoms with Crippen molar-refractivity contribution < 1.29 is 19.7 Å². The van der Waals surface area contributed by atoms with Crippen LogP contribution in [0.25, 0.3) is 0 Å². The van der Waals surface area contributed by atoms with Crippen LogP contribution in [-0.4, -0.2) is 42.4 Å². The second-order valence-corrected chi connectivity index (χ2v) is 2.33. The number of aliphatic hydroxyl groups excluding tert-OH is 2. The lowest BCUT2D eigenvalue weighted by Crippen LogP contribution is -2.24. The number of aliphatic hydroxyl groups is 2. The first-order valence-electron chi connectivity index (χ1n) is 3.25. The van der Waals surface area contributed by atoms with E-state index in [0.717, 1.165) is 0 Å². The summed E-state index contributed by atoms with van der Waals surface area (Å²) in [7, 11) is 1.51. The number of hydrogen-bond acceptors (Lipinski definition) is 4. The van der Waals surface area contributed by atoms with Gasteiger partial charge in [0.05, 0.1) is 12.7 Å².